The van der Waals surface area contributed by atoms with Crippen LogP contribution in [0.4, 0.5) is 5.82 Å². The number of nitrogens with zero attached hydrogens (tertiary/aromatic N) is 3. The van der Waals surface area contributed by atoms with Crippen LogP contribution in [0.2, 0.25) is 0 Å². The van der Waals surface area contributed by atoms with E-state index in [4.69, 9.17) is 0 Å². The minimum Gasteiger partial charge on any atom is -0.357 e. The average Bonchev–Trinajstić information content (AvgIpc) is 2.64. The van der Waals surface area contributed by atoms with E-state index in [1.165, 1.54) is 19.4 Å². The Balaban J connectivity index is 2.06. The van der Waals surface area contributed by atoms with Crippen molar-refractivity contribution < 1.29 is 0 Å². The highest BCUT2D eigenvalue weighted by Crippen LogP contribution is 2.27. The van der Waals surface area contributed by atoms with Crippen molar-refractivity contribution in [3.05, 3.63) is 21.2 Å². The summed E-state index contributed by atoms with van der Waals surface area (Å²) in [7, 11) is 4.31. The maximum Gasteiger partial charge on any atom is 0.142 e. The van der Waals surface area contributed by atoms with Crippen LogP contribution in [0.15, 0.2) is 21.2 Å². The van der Waals surface area contributed by atoms with Gasteiger partial charge in [-0.05, 0) is 64.4 Å². The van der Waals surface area contributed by atoms with Crippen LogP contribution in [0.5, 0.6) is 0 Å². The van der Waals surface area contributed by atoms with Gasteiger partial charge in [-0.15, -0.1) is 0 Å². The van der Waals surface area contributed by atoms with Crippen molar-refractivity contribution in [2.24, 2.45) is 0 Å². The third kappa shape index (κ3) is 3.20. The standard InChI is InChI=1S/C12H17Br2N3/c1-16-5-3-4-10(16)8-17(2)12-11(14)6-9(13)7-15-12/h6-7,10H,3-5,8H2,1-2H3. The maximum atomic E-state index is 4.46. The molecule has 1 aromatic rings. The molecule has 0 amide bonds. The second kappa shape index (κ2) is 5.67. The SMILES string of the molecule is CN(CC1CCCN1C)c1ncc(Br)cc1Br. The molecule has 17 heavy (non-hydrogen) atoms. The lowest BCUT2D eigenvalue weighted by Gasteiger charge is -2.27. The van der Waals surface area contributed by atoms with Crippen LogP contribution < -0.4 is 4.90 Å². The van der Waals surface area contributed by atoms with Crippen LogP contribution in [0.25, 0.3) is 0 Å². The first-order valence-corrected chi connectivity index (χ1v) is 7.39. The van der Waals surface area contributed by atoms with E-state index in [1.807, 2.05) is 12.3 Å². The Bertz CT molecular complexity index is 397. The quantitative estimate of drug-likeness (QED) is 0.823. The maximum absolute atomic E-state index is 4.46. The molecule has 0 saturated carbocycles. The van der Waals surface area contributed by atoms with Crippen molar-refractivity contribution in [3.63, 3.8) is 0 Å². The van der Waals surface area contributed by atoms with Crippen LogP contribution in [0, 0.1) is 0 Å². The summed E-state index contributed by atoms with van der Waals surface area (Å²) < 4.78 is 2.04. The first-order chi connectivity index (χ1) is 8.08. The van der Waals surface area contributed by atoms with E-state index in [1.54, 1.807) is 0 Å². The molecular weight excluding hydrogens is 346 g/mol. The van der Waals surface area contributed by atoms with Gasteiger partial charge >= 0.3 is 0 Å². The molecule has 1 atom stereocenters. The Hall–Kier alpha value is -0.130. The number of hydrogen-bond donors (Lipinski definition) is 0. The Labute approximate surface area is 119 Å². The molecule has 0 N–H and O–H groups in total. The Morgan fingerprint density at radius 3 is 2.88 bits per heavy atom. The summed E-state index contributed by atoms with van der Waals surface area (Å²) in [4.78, 5) is 9.12. The number of rotatable bonds is 3. The van der Waals surface area contributed by atoms with E-state index in [-0.39, 0.29) is 0 Å². The first-order valence-electron chi connectivity index (χ1n) is 5.80. The van der Waals surface area contributed by atoms with Gasteiger partial charge in [0.05, 0.1) is 4.47 Å². The lowest BCUT2D eigenvalue weighted by molar-refractivity contribution is 0.314. The highest BCUT2D eigenvalue weighted by Gasteiger charge is 2.23. The van der Waals surface area contributed by atoms with Gasteiger partial charge in [0.15, 0.2) is 0 Å². The fourth-order valence-corrected chi connectivity index (χ4v) is 3.59. The highest BCUT2D eigenvalue weighted by molar-refractivity contribution is 9.11. The van der Waals surface area contributed by atoms with Gasteiger partial charge in [0.1, 0.15) is 5.82 Å². The van der Waals surface area contributed by atoms with Crippen molar-refractivity contribution in [3.8, 4) is 0 Å². The molecule has 0 spiro atoms. The molecule has 1 unspecified atom stereocenters. The van der Waals surface area contributed by atoms with E-state index in [0.717, 1.165) is 21.3 Å². The fourth-order valence-electron chi connectivity index (χ4n) is 2.30. The van der Waals surface area contributed by atoms with Gasteiger partial charge in [-0.2, -0.15) is 0 Å². The van der Waals surface area contributed by atoms with Crippen LogP contribution >= 0.6 is 31.9 Å². The molecule has 0 aliphatic carbocycles. The normalized spacial score (nSPS) is 20.8. The van der Waals surface area contributed by atoms with Crippen molar-refractivity contribution in [2.75, 3.05) is 32.1 Å². The number of hydrogen-bond acceptors (Lipinski definition) is 3. The largest absolute Gasteiger partial charge is 0.357 e. The summed E-state index contributed by atoms with van der Waals surface area (Å²) in [6.07, 6.45) is 4.44. The monoisotopic (exact) mass is 361 g/mol. The van der Waals surface area contributed by atoms with Crippen LogP contribution in [0.3, 0.4) is 0 Å². The Morgan fingerprint density at radius 1 is 1.53 bits per heavy atom. The zero-order valence-electron chi connectivity index (χ0n) is 10.2. The lowest BCUT2D eigenvalue weighted by atomic mass is 10.2. The lowest BCUT2D eigenvalue weighted by Crippen LogP contribution is -2.37. The van der Waals surface area contributed by atoms with Gasteiger partial charge < -0.3 is 9.80 Å². The van der Waals surface area contributed by atoms with Crippen molar-refractivity contribution in [1.29, 1.82) is 0 Å². The van der Waals surface area contributed by atoms with Crippen LogP contribution in [0.1, 0.15) is 12.8 Å². The van der Waals surface area contributed by atoms with E-state index in [0.29, 0.717) is 6.04 Å². The smallest absolute Gasteiger partial charge is 0.142 e. The zero-order chi connectivity index (χ0) is 12.4. The topological polar surface area (TPSA) is 19.4 Å². The molecule has 1 saturated heterocycles. The number of anilines is 1. The molecule has 1 aliphatic heterocycles. The van der Waals surface area contributed by atoms with E-state index >= 15 is 0 Å². The molecule has 94 valence electrons. The second-order valence-corrected chi connectivity index (χ2v) is 6.39. The molecule has 0 bridgehead atoms. The average molecular weight is 363 g/mol. The van der Waals surface area contributed by atoms with E-state index < -0.39 is 0 Å². The summed E-state index contributed by atoms with van der Waals surface area (Å²) in [6, 6.07) is 2.69. The Kier molecular flexibility index (Phi) is 4.44. The number of likely N-dealkylation sites (N-methyl/N-ethyl adjacent to an activating group) is 2. The summed E-state index contributed by atoms with van der Waals surface area (Å²) in [6.45, 7) is 2.25. The minimum atomic E-state index is 0.650. The molecule has 2 heterocycles. The van der Waals surface area contributed by atoms with Gasteiger partial charge in [-0.25, -0.2) is 4.98 Å². The van der Waals surface area contributed by atoms with Gasteiger partial charge in [0, 0.05) is 30.3 Å². The molecular formula is C12H17Br2N3. The first kappa shape index (κ1) is 13.3. The molecule has 0 radical (unpaired) electrons. The third-order valence-corrected chi connectivity index (χ3v) is 4.32. The third-order valence-electron chi connectivity index (χ3n) is 3.31. The van der Waals surface area contributed by atoms with E-state index in [2.05, 4.69) is 60.7 Å². The minimum absolute atomic E-state index is 0.650. The van der Waals surface area contributed by atoms with Gasteiger partial charge in [0.25, 0.3) is 0 Å². The molecule has 2 rings (SSSR count). The summed E-state index contributed by atoms with van der Waals surface area (Å²) >= 11 is 6.99. The summed E-state index contributed by atoms with van der Waals surface area (Å²) in [5.74, 6) is 1.01. The Morgan fingerprint density at radius 2 is 2.29 bits per heavy atom. The highest BCUT2D eigenvalue weighted by atomic mass is 79.9. The van der Waals surface area contributed by atoms with Crippen molar-refractivity contribution >= 4 is 37.7 Å². The van der Waals surface area contributed by atoms with Gasteiger partial charge in [-0.3, -0.25) is 0 Å². The van der Waals surface area contributed by atoms with Crippen molar-refractivity contribution in [2.45, 2.75) is 18.9 Å². The predicted octanol–water partition coefficient (Wildman–Crippen LogP) is 3.14. The van der Waals surface area contributed by atoms with Crippen LogP contribution in [-0.4, -0.2) is 43.1 Å². The molecule has 1 aromatic heterocycles. The number of likely N-dealkylation sites (tertiary alicyclic amines) is 1. The second-order valence-electron chi connectivity index (χ2n) is 4.62. The number of aromatic nitrogens is 1. The molecule has 0 aromatic carbocycles. The fraction of sp³-hybridized carbons (Fsp3) is 0.583. The molecule has 5 heteroatoms. The predicted molar refractivity (Wildman–Crippen MR) is 78.6 cm³/mol. The van der Waals surface area contributed by atoms with Crippen molar-refractivity contribution in [1.82, 2.24) is 9.88 Å². The zero-order valence-corrected chi connectivity index (χ0v) is 13.3. The molecule has 3 nitrogen and oxygen atoms in total. The number of pyridine rings is 1. The van der Waals surface area contributed by atoms with Gasteiger partial charge in [0.2, 0.25) is 0 Å². The summed E-state index contributed by atoms with van der Waals surface area (Å²) in [5.41, 5.74) is 0. The van der Waals surface area contributed by atoms with E-state index in [9.17, 15) is 0 Å². The molecule has 1 fully saturated rings. The van der Waals surface area contributed by atoms with Crippen LogP contribution in [-0.2, 0) is 0 Å². The molecule has 1 aliphatic rings. The summed E-state index contributed by atoms with van der Waals surface area (Å²) in [5, 5.41) is 0. The van der Waals surface area contributed by atoms with Gasteiger partial charge in [-0.1, -0.05) is 0 Å². The number of halogens is 2.